The van der Waals surface area contributed by atoms with Gasteiger partial charge in [-0.05, 0) is 25.1 Å². The molecule has 0 spiro atoms. The van der Waals surface area contributed by atoms with E-state index in [0.29, 0.717) is 5.75 Å². The molecule has 0 radical (unpaired) electrons. The van der Waals surface area contributed by atoms with Gasteiger partial charge in [0.05, 0.1) is 5.92 Å². The molecule has 1 unspecified atom stereocenters. The number of hydrogen-bond donors (Lipinski definition) is 2. The molecule has 0 aromatic heterocycles. The number of carboxylic acid groups (broad SMARTS) is 1. The monoisotopic (exact) mass is 418 g/mol. The summed E-state index contributed by atoms with van der Waals surface area (Å²) in [7, 11) is -4.85. The number of rotatable bonds is 6. The van der Waals surface area contributed by atoms with Gasteiger partial charge >= 0.3 is 119 Å². The first-order chi connectivity index (χ1) is 10.8. The minimum absolute atomic E-state index is 0. The molecular weight excluding hydrogens is 402 g/mol. The Morgan fingerprint density at radius 3 is 2.16 bits per heavy atom. The van der Waals surface area contributed by atoms with Gasteiger partial charge < -0.3 is 14.0 Å². The number of carbonyl (C=O) groups is 1. The van der Waals surface area contributed by atoms with Crippen LogP contribution in [0.5, 0.6) is 17.2 Å². The number of ether oxygens (including phenoxy) is 1. The summed E-state index contributed by atoms with van der Waals surface area (Å²) < 4.78 is 41.2. The predicted molar refractivity (Wildman–Crippen MR) is 95.5 cm³/mol. The van der Waals surface area contributed by atoms with Crippen LogP contribution in [0.2, 0.25) is 0 Å². The Labute approximate surface area is 230 Å². The first-order valence-electron chi connectivity index (χ1n) is 6.53. The molecule has 126 valence electrons. The van der Waals surface area contributed by atoms with Crippen molar-refractivity contribution < 1.29 is 31.8 Å². The Hall–Kier alpha value is 0.693. The van der Waals surface area contributed by atoms with Crippen molar-refractivity contribution in [1.29, 1.82) is 0 Å². The SMILES string of the molecule is CC(C(=O)O)c1cccc(Oc2ccccc2)c1OS(=O)(=O)O.[KH].[KH]. The Balaban J connectivity index is 0.00000288. The summed E-state index contributed by atoms with van der Waals surface area (Å²) in [5, 5.41) is 9.13. The summed E-state index contributed by atoms with van der Waals surface area (Å²) in [5.41, 5.74) is 0.0588. The van der Waals surface area contributed by atoms with Crippen LogP contribution < -0.4 is 8.92 Å². The molecule has 0 bridgehead atoms. The van der Waals surface area contributed by atoms with Crippen LogP contribution in [0, 0.1) is 0 Å². The van der Waals surface area contributed by atoms with E-state index in [1.54, 1.807) is 30.3 Å². The van der Waals surface area contributed by atoms with Crippen LogP contribution in [0.4, 0.5) is 0 Å². The molecule has 2 rings (SSSR count). The van der Waals surface area contributed by atoms with Gasteiger partial charge in [0.15, 0.2) is 11.5 Å². The maximum absolute atomic E-state index is 11.2. The van der Waals surface area contributed by atoms with Crippen molar-refractivity contribution in [2.75, 3.05) is 0 Å². The minimum atomic E-state index is -4.85. The predicted octanol–water partition coefficient (Wildman–Crippen LogP) is 1.55. The third-order valence-electron chi connectivity index (χ3n) is 3.01. The van der Waals surface area contributed by atoms with Gasteiger partial charge in [-0.15, -0.1) is 0 Å². The number of hydrogen-bond acceptors (Lipinski definition) is 5. The van der Waals surface area contributed by atoms with Gasteiger partial charge in [-0.1, -0.05) is 30.3 Å². The number of carboxylic acids is 1. The second-order valence-corrected chi connectivity index (χ2v) is 5.68. The third-order valence-corrected chi connectivity index (χ3v) is 3.38. The Bertz CT molecular complexity index is 810. The molecule has 1 atom stereocenters. The van der Waals surface area contributed by atoms with E-state index in [1.165, 1.54) is 25.1 Å². The molecule has 0 aliphatic rings. The molecule has 0 amide bonds. The van der Waals surface area contributed by atoms with Crippen LogP contribution >= 0.6 is 0 Å². The van der Waals surface area contributed by atoms with E-state index in [9.17, 15) is 13.2 Å². The van der Waals surface area contributed by atoms with Crippen LogP contribution in [-0.2, 0) is 15.2 Å². The molecule has 25 heavy (non-hydrogen) atoms. The van der Waals surface area contributed by atoms with E-state index in [0.717, 1.165) is 0 Å². The van der Waals surface area contributed by atoms with Crippen molar-refractivity contribution in [3.8, 4) is 17.2 Å². The molecule has 0 saturated heterocycles. The standard InChI is InChI=1S/C15H14O7S.2K.2H/c1-10(15(16)17)12-8-5-9-13(14(12)22-23(18,19)20)21-11-6-3-2-4-7-11;;;;/h2-10H,1H3,(H,16,17)(H,18,19,20);;;;. The fraction of sp³-hybridized carbons (Fsp3) is 0.133. The topological polar surface area (TPSA) is 110 Å². The third kappa shape index (κ3) is 8.07. The molecule has 0 saturated carbocycles. The zero-order valence-corrected chi connectivity index (χ0v) is 12.9. The molecular formula is C15H16K2O7S. The quantitative estimate of drug-likeness (QED) is 0.541. The van der Waals surface area contributed by atoms with Crippen LogP contribution in [0.15, 0.2) is 48.5 Å². The second-order valence-electron chi connectivity index (χ2n) is 4.66. The average Bonchev–Trinajstić information content (AvgIpc) is 2.48. The Kier molecular flexibility index (Phi) is 11.8. The summed E-state index contributed by atoms with van der Waals surface area (Å²) >= 11 is 0. The zero-order chi connectivity index (χ0) is 17.0. The van der Waals surface area contributed by atoms with Crippen molar-refractivity contribution in [1.82, 2.24) is 0 Å². The second kappa shape index (κ2) is 11.5. The van der Waals surface area contributed by atoms with E-state index < -0.39 is 22.3 Å². The fourth-order valence-corrected chi connectivity index (χ4v) is 2.29. The molecule has 7 nitrogen and oxygen atoms in total. The maximum atomic E-state index is 11.2. The molecule has 0 fully saturated rings. The van der Waals surface area contributed by atoms with Gasteiger partial charge in [0.1, 0.15) is 5.75 Å². The summed E-state index contributed by atoms with van der Waals surface area (Å²) in [4.78, 5) is 11.2. The molecule has 0 aliphatic carbocycles. The Morgan fingerprint density at radius 1 is 1.04 bits per heavy atom. The molecule has 2 N–H and O–H groups in total. The molecule has 2 aromatic carbocycles. The summed E-state index contributed by atoms with van der Waals surface area (Å²) in [6, 6.07) is 12.7. The van der Waals surface area contributed by atoms with Crippen molar-refractivity contribution in [3.05, 3.63) is 54.1 Å². The van der Waals surface area contributed by atoms with E-state index in [1.807, 2.05) is 0 Å². The number of aliphatic carboxylic acids is 1. The van der Waals surface area contributed by atoms with Gasteiger partial charge in [-0.3, -0.25) is 9.35 Å². The first-order valence-corrected chi connectivity index (χ1v) is 7.90. The van der Waals surface area contributed by atoms with Gasteiger partial charge in [0.25, 0.3) is 0 Å². The Morgan fingerprint density at radius 2 is 1.64 bits per heavy atom. The van der Waals surface area contributed by atoms with E-state index >= 15 is 0 Å². The summed E-state index contributed by atoms with van der Waals surface area (Å²) in [5.74, 6) is -2.24. The molecule has 0 heterocycles. The van der Waals surface area contributed by atoms with Crippen LogP contribution in [-0.4, -0.2) is 127 Å². The average molecular weight is 419 g/mol. The van der Waals surface area contributed by atoms with Gasteiger partial charge in [-0.25, -0.2) is 0 Å². The summed E-state index contributed by atoms with van der Waals surface area (Å²) in [6.45, 7) is 1.36. The van der Waals surface area contributed by atoms with E-state index in [-0.39, 0.29) is 120 Å². The van der Waals surface area contributed by atoms with Crippen molar-refractivity contribution in [2.24, 2.45) is 0 Å². The molecule has 0 aliphatic heterocycles. The zero-order valence-electron chi connectivity index (χ0n) is 12.0. The van der Waals surface area contributed by atoms with Gasteiger partial charge in [0.2, 0.25) is 0 Å². The normalized spacial score (nSPS) is 11.4. The van der Waals surface area contributed by atoms with Crippen LogP contribution in [0.25, 0.3) is 0 Å². The van der Waals surface area contributed by atoms with Gasteiger partial charge in [0, 0.05) is 5.56 Å². The molecule has 10 heteroatoms. The van der Waals surface area contributed by atoms with E-state index in [4.69, 9.17) is 14.4 Å². The van der Waals surface area contributed by atoms with Crippen LogP contribution in [0.1, 0.15) is 18.4 Å². The van der Waals surface area contributed by atoms with Crippen molar-refractivity contribution >= 4 is 119 Å². The molecule has 2 aromatic rings. The van der Waals surface area contributed by atoms with Crippen LogP contribution in [0.3, 0.4) is 0 Å². The summed E-state index contributed by atoms with van der Waals surface area (Å²) in [6.07, 6.45) is 0. The van der Waals surface area contributed by atoms with Crippen molar-refractivity contribution in [2.45, 2.75) is 12.8 Å². The van der Waals surface area contributed by atoms with Gasteiger partial charge in [-0.2, -0.15) is 8.42 Å². The first kappa shape index (κ1) is 25.7. The van der Waals surface area contributed by atoms with Crippen molar-refractivity contribution in [3.63, 3.8) is 0 Å². The van der Waals surface area contributed by atoms with E-state index in [2.05, 4.69) is 4.18 Å². The number of benzene rings is 2. The number of para-hydroxylation sites is 2. The fourth-order valence-electron chi connectivity index (χ4n) is 1.90.